The highest BCUT2D eigenvalue weighted by Gasteiger charge is 2.17. The molecule has 2 aromatic heterocycles. The van der Waals surface area contributed by atoms with E-state index in [0.717, 1.165) is 16.3 Å². The fraction of sp³-hybridized carbons (Fsp3) is 0.150. The molecule has 0 bridgehead atoms. The summed E-state index contributed by atoms with van der Waals surface area (Å²) in [5, 5.41) is 0.646. The van der Waals surface area contributed by atoms with Crippen molar-refractivity contribution >= 4 is 22.7 Å². The molecule has 2 heterocycles. The number of para-hydroxylation sites is 1. The molecule has 0 aliphatic heterocycles. The maximum absolute atomic E-state index is 14.2. The summed E-state index contributed by atoms with van der Waals surface area (Å²) in [7, 11) is 0. The minimum atomic E-state index is -2.72. The molecular formula is C20H15F3N4OS. The Labute approximate surface area is 167 Å². The van der Waals surface area contributed by atoms with E-state index in [-0.39, 0.29) is 22.3 Å². The molecule has 5 nitrogen and oxygen atoms in total. The highest BCUT2D eigenvalue weighted by atomic mass is 32.2. The molecule has 0 fully saturated rings. The van der Waals surface area contributed by atoms with Crippen molar-refractivity contribution in [3.63, 3.8) is 0 Å². The number of benzene rings is 2. The van der Waals surface area contributed by atoms with Crippen LogP contribution in [0, 0.1) is 12.7 Å². The Hall–Kier alpha value is -3.07. The van der Waals surface area contributed by atoms with Crippen molar-refractivity contribution in [2.75, 3.05) is 0 Å². The van der Waals surface area contributed by atoms with Gasteiger partial charge in [0, 0.05) is 12.4 Å². The molecule has 0 atom stereocenters. The largest absolute Gasteiger partial charge is 0.319 e. The van der Waals surface area contributed by atoms with E-state index in [9.17, 15) is 18.0 Å². The van der Waals surface area contributed by atoms with Gasteiger partial charge in [-0.3, -0.25) is 13.9 Å². The number of hydrogen-bond acceptors (Lipinski definition) is 4. The van der Waals surface area contributed by atoms with Gasteiger partial charge in [0.2, 0.25) is 0 Å². The van der Waals surface area contributed by atoms with E-state index in [4.69, 9.17) is 0 Å². The van der Waals surface area contributed by atoms with Crippen LogP contribution in [0.4, 0.5) is 13.2 Å². The van der Waals surface area contributed by atoms with Gasteiger partial charge in [0.15, 0.2) is 5.16 Å². The van der Waals surface area contributed by atoms with E-state index >= 15 is 0 Å². The lowest BCUT2D eigenvalue weighted by Gasteiger charge is -2.14. The summed E-state index contributed by atoms with van der Waals surface area (Å²) in [5.41, 5.74) is 0.874. The van der Waals surface area contributed by atoms with Crippen molar-refractivity contribution < 1.29 is 13.2 Å². The second-order valence-electron chi connectivity index (χ2n) is 6.30. The van der Waals surface area contributed by atoms with Gasteiger partial charge in [0.1, 0.15) is 11.6 Å². The second-order valence-corrected chi connectivity index (χ2v) is 7.25. The average Bonchev–Trinajstić information content (AvgIpc) is 3.18. The first-order valence-electron chi connectivity index (χ1n) is 8.66. The molecule has 0 amide bonds. The molecule has 0 aliphatic carbocycles. The van der Waals surface area contributed by atoms with E-state index < -0.39 is 12.4 Å². The van der Waals surface area contributed by atoms with Gasteiger partial charge in [-0.25, -0.2) is 14.4 Å². The number of fused-ring (bicyclic) bond motifs is 1. The summed E-state index contributed by atoms with van der Waals surface area (Å²) in [6.45, 7) is -1.09. The molecule has 0 unspecified atom stereocenters. The van der Waals surface area contributed by atoms with Crippen LogP contribution in [0.3, 0.4) is 0 Å². The number of imidazole rings is 1. The van der Waals surface area contributed by atoms with Crippen LogP contribution in [-0.4, -0.2) is 19.1 Å². The van der Waals surface area contributed by atoms with E-state index in [2.05, 4.69) is 9.97 Å². The van der Waals surface area contributed by atoms with Crippen LogP contribution in [0.25, 0.3) is 16.6 Å². The van der Waals surface area contributed by atoms with Crippen molar-refractivity contribution in [1.29, 1.82) is 0 Å². The van der Waals surface area contributed by atoms with Gasteiger partial charge in [-0.2, -0.15) is 8.78 Å². The lowest BCUT2D eigenvalue weighted by molar-refractivity contribution is 0.0678. The van der Waals surface area contributed by atoms with Crippen LogP contribution in [0.5, 0.6) is 0 Å². The highest BCUT2D eigenvalue weighted by molar-refractivity contribution is 7.98. The fourth-order valence-corrected chi connectivity index (χ4v) is 3.88. The number of thioether (sulfide) groups is 1. The molecule has 4 aromatic rings. The quantitative estimate of drug-likeness (QED) is 0.349. The summed E-state index contributed by atoms with van der Waals surface area (Å²) in [5.74, 6) is -0.239. The zero-order valence-electron chi connectivity index (χ0n) is 15.2. The van der Waals surface area contributed by atoms with Crippen LogP contribution >= 0.6 is 11.8 Å². The Bertz CT molecular complexity index is 1250. The Morgan fingerprint density at radius 2 is 1.97 bits per heavy atom. The molecule has 0 radical (unpaired) electrons. The molecule has 0 aliphatic rings. The fourth-order valence-electron chi connectivity index (χ4n) is 2.92. The van der Waals surface area contributed by atoms with Crippen LogP contribution in [0.15, 0.2) is 64.8 Å². The number of aryl methyl sites for hydroxylation is 1. The zero-order valence-corrected chi connectivity index (χ0v) is 16.0. The van der Waals surface area contributed by atoms with Crippen molar-refractivity contribution in [2.45, 2.75) is 24.4 Å². The van der Waals surface area contributed by atoms with Crippen molar-refractivity contribution in [1.82, 2.24) is 19.1 Å². The monoisotopic (exact) mass is 416 g/mol. The van der Waals surface area contributed by atoms with Crippen molar-refractivity contribution in [3.05, 3.63) is 82.4 Å². The summed E-state index contributed by atoms with van der Waals surface area (Å²) >= 11 is 1.08. The SMILES string of the molecule is Cc1ccc(-n2c(SCc3nccn3C(F)F)nc3ccccc3c2=O)cc1F. The number of halogens is 3. The lowest BCUT2D eigenvalue weighted by atomic mass is 10.2. The van der Waals surface area contributed by atoms with E-state index in [1.165, 1.54) is 23.0 Å². The van der Waals surface area contributed by atoms with Gasteiger partial charge in [0.25, 0.3) is 5.56 Å². The Balaban J connectivity index is 1.84. The molecule has 0 saturated heterocycles. The third-order valence-corrected chi connectivity index (χ3v) is 5.38. The smallest absolute Gasteiger partial charge is 0.277 e. The minimum absolute atomic E-state index is 0.0659. The first-order valence-corrected chi connectivity index (χ1v) is 9.65. The average molecular weight is 416 g/mol. The number of aromatic nitrogens is 4. The second kappa shape index (κ2) is 7.75. The Morgan fingerprint density at radius 1 is 1.17 bits per heavy atom. The van der Waals surface area contributed by atoms with E-state index in [1.807, 2.05) is 0 Å². The van der Waals surface area contributed by atoms with Crippen LogP contribution in [-0.2, 0) is 5.75 Å². The molecule has 148 valence electrons. The minimum Gasteiger partial charge on any atom is -0.277 e. The predicted octanol–water partition coefficient (Wildman–Crippen LogP) is 4.72. The summed E-state index contributed by atoms with van der Waals surface area (Å²) in [4.78, 5) is 21.6. The summed E-state index contributed by atoms with van der Waals surface area (Å²) in [6, 6.07) is 11.3. The zero-order chi connectivity index (χ0) is 20.5. The van der Waals surface area contributed by atoms with Gasteiger partial charge < -0.3 is 0 Å². The molecular weight excluding hydrogens is 401 g/mol. The van der Waals surface area contributed by atoms with Crippen LogP contribution < -0.4 is 5.56 Å². The first-order chi connectivity index (χ1) is 14.0. The molecule has 0 spiro atoms. The highest BCUT2D eigenvalue weighted by Crippen LogP contribution is 2.26. The van der Waals surface area contributed by atoms with E-state index in [1.54, 1.807) is 43.3 Å². The molecule has 0 N–H and O–H groups in total. The van der Waals surface area contributed by atoms with Crippen molar-refractivity contribution in [2.24, 2.45) is 0 Å². The predicted molar refractivity (Wildman–Crippen MR) is 105 cm³/mol. The first kappa shape index (κ1) is 19.3. The van der Waals surface area contributed by atoms with Crippen LogP contribution in [0.1, 0.15) is 17.9 Å². The van der Waals surface area contributed by atoms with Gasteiger partial charge in [-0.1, -0.05) is 30.0 Å². The Kier molecular flexibility index (Phi) is 5.14. The molecule has 9 heteroatoms. The maximum atomic E-state index is 14.2. The number of rotatable bonds is 5. The third-order valence-electron chi connectivity index (χ3n) is 4.45. The van der Waals surface area contributed by atoms with E-state index in [0.29, 0.717) is 22.2 Å². The number of nitrogens with zero attached hydrogens (tertiary/aromatic N) is 4. The normalized spacial score (nSPS) is 11.5. The number of alkyl halides is 2. The topological polar surface area (TPSA) is 52.7 Å². The molecule has 0 saturated carbocycles. The lowest BCUT2D eigenvalue weighted by Crippen LogP contribution is -2.22. The van der Waals surface area contributed by atoms with Gasteiger partial charge in [-0.05, 0) is 36.8 Å². The van der Waals surface area contributed by atoms with Gasteiger partial charge in [-0.15, -0.1) is 0 Å². The van der Waals surface area contributed by atoms with Crippen LogP contribution in [0.2, 0.25) is 0 Å². The maximum Gasteiger partial charge on any atom is 0.319 e. The van der Waals surface area contributed by atoms with Gasteiger partial charge in [0.05, 0.1) is 22.3 Å². The molecule has 4 rings (SSSR count). The molecule has 29 heavy (non-hydrogen) atoms. The standard InChI is InChI=1S/C20H15F3N4OS/c1-12-6-7-13(10-15(12)21)27-18(28)14-4-2-3-5-16(14)25-20(27)29-11-17-24-8-9-26(17)19(22)23/h2-10,19H,11H2,1H3. The Morgan fingerprint density at radius 3 is 2.72 bits per heavy atom. The number of hydrogen-bond donors (Lipinski definition) is 0. The molecule has 2 aromatic carbocycles. The summed E-state index contributed by atoms with van der Waals surface area (Å²) in [6.07, 6.45) is 2.48. The van der Waals surface area contributed by atoms with Gasteiger partial charge >= 0.3 is 6.55 Å². The van der Waals surface area contributed by atoms with Crippen molar-refractivity contribution in [3.8, 4) is 5.69 Å². The summed E-state index contributed by atoms with van der Waals surface area (Å²) < 4.78 is 42.4. The third kappa shape index (κ3) is 3.65.